The summed E-state index contributed by atoms with van der Waals surface area (Å²) in [6.45, 7) is 3.11. The van der Waals surface area contributed by atoms with E-state index in [-0.39, 0.29) is 5.56 Å². The molecule has 0 spiro atoms. The van der Waals surface area contributed by atoms with Crippen LogP contribution in [0.3, 0.4) is 0 Å². The van der Waals surface area contributed by atoms with Crippen molar-refractivity contribution in [3.8, 4) is 0 Å². The molecule has 3 heteroatoms. The molecule has 0 aromatic carbocycles. The van der Waals surface area contributed by atoms with E-state index in [9.17, 15) is 4.79 Å². The maximum Gasteiger partial charge on any atom is 0.256 e. The highest BCUT2D eigenvalue weighted by atomic mass is 16.1. The van der Waals surface area contributed by atoms with Gasteiger partial charge in [-0.2, -0.15) is 0 Å². The van der Waals surface area contributed by atoms with Crippen molar-refractivity contribution in [2.75, 3.05) is 0 Å². The Kier molecular flexibility index (Phi) is 1.94. The van der Waals surface area contributed by atoms with Gasteiger partial charge in [0.05, 0.1) is 5.69 Å². The van der Waals surface area contributed by atoms with Gasteiger partial charge in [0.25, 0.3) is 5.56 Å². The fourth-order valence-corrected chi connectivity index (χ4v) is 2.73. The maximum atomic E-state index is 12.1. The summed E-state index contributed by atoms with van der Waals surface area (Å²) in [6.07, 6.45) is 5.15. The van der Waals surface area contributed by atoms with Crippen LogP contribution in [-0.2, 0) is 25.8 Å². The molecular formula is C12H16N2O. The molecule has 2 aliphatic rings. The zero-order valence-corrected chi connectivity index (χ0v) is 9.12. The lowest BCUT2D eigenvalue weighted by molar-refractivity contribution is 0.392. The highest BCUT2D eigenvalue weighted by molar-refractivity contribution is 5.24. The van der Waals surface area contributed by atoms with Crippen LogP contribution in [0, 0.1) is 5.92 Å². The molecule has 0 saturated carbocycles. The predicted molar refractivity (Wildman–Crippen MR) is 58.0 cm³/mol. The minimum atomic E-state index is 0.249. The number of hydrogen-bond donors (Lipinski definition) is 0. The van der Waals surface area contributed by atoms with Gasteiger partial charge in [-0.1, -0.05) is 6.92 Å². The summed E-state index contributed by atoms with van der Waals surface area (Å²) in [7, 11) is 0. The largest absolute Gasteiger partial charge is 0.296 e. The molecule has 0 fully saturated rings. The molecule has 1 atom stereocenters. The number of fused-ring (bicyclic) bond motifs is 2. The number of rotatable bonds is 0. The van der Waals surface area contributed by atoms with Gasteiger partial charge in [0.1, 0.15) is 5.82 Å². The van der Waals surface area contributed by atoms with Crippen molar-refractivity contribution in [1.82, 2.24) is 9.55 Å². The van der Waals surface area contributed by atoms with Crippen molar-refractivity contribution in [3.05, 3.63) is 27.4 Å². The molecule has 0 radical (unpaired) electrons. The molecule has 15 heavy (non-hydrogen) atoms. The molecule has 80 valence electrons. The number of nitrogens with zero attached hydrogens (tertiary/aromatic N) is 2. The Morgan fingerprint density at radius 3 is 3.13 bits per heavy atom. The molecule has 0 saturated heterocycles. The minimum absolute atomic E-state index is 0.249. The van der Waals surface area contributed by atoms with Crippen molar-refractivity contribution < 1.29 is 0 Å². The summed E-state index contributed by atoms with van der Waals surface area (Å²) in [5.74, 6) is 1.70. The molecule has 1 aliphatic carbocycles. The van der Waals surface area contributed by atoms with Gasteiger partial charge in [0, 0.05) is 18.5 Å². The van der Waals surface area contributed by atoms with E-state index in [1.165, 1.54) is 0 Å². The standard InChI is InChI=1S/C12H16N2O/c1-8-5-6-14-11(7-8)13-10-4-2-3-9(10)12(14)15/h8H,2-7H2,1H3. The van der Waals surface area contributed by atoms with E-state index in [0.717, 1.165) is 55.7 Å². The molecule has 1 aromatic heterocycles. The number of aryl methyl sites for hydroxylation is 1. The van der Waals surface area contributed by atoms with Crippen molar-refractivity contribution in [3.63, 3.8) is 0 Å². The lowest BCUT2D eigenvalue weighted by Crippen LogP contribution is -2.33. The summed E-state index contributed by atoms with van der Waals surface area (Å²) in [4.78, 5) is 16.8. The van der Waals surface area contributed by atoms with Crippen molar-refractivity contribution in [1.29, 1.82) is 0 Å². The molecule has 3 nitrogen and oxygen atoms in total. The Morgan fingerprint density at radius 1 is 1.40 bits per heavy atom. The van der Waals surface area contributed by atoms with E-state index in [2.05, 4.69) is 11.9 Å². The van der Waals surface area contributed by atoms with Crippen LogP contribution in [0.1, 0.15) is 36.8 Å². The average molecular weight is 204 g/mol. The SMILES string of the molecule is CC1CCn2c(nc3c(c2=O)CCC3)C1. The number of hydrogen-bond acceptors (Lipinski definition) is 2. The predicted octanol–water partition coefficient (Wildman–Crippen LogP) is 1.31. The molecule has 1 unspecified atom stereocenters. The second-order valence-corrected chi connectivity index (χ2v) is 4.86. The Morgan fingerprint density at radius 2 is 2.27 bits per heavy atom. The third kappa shape index (κ3) is 1.33. The van der Waals surface area contributed by atoms with Gasteiger partial charge in [0.15, 0.2) is 0 Å². The van der Waals surface area contributed by atoms with Gasteiger partial charge in [-0.05, 0) is 31.6 Å². The van der Waals surface area contributed by atoms with Gasteiger partial charge in [-0.25, -0.2) is 4.98 Å². The molecule has 2 heterocycles. The maximum absolute atomic E-state index is 12.1. The van der Waals surface area contributed by atoms with Crippen LogP contribution in [-0.4, -0.2) is 9.55 Å². The minimum Gasteiger partial charge on any atom is -0.296 e. The third-order valence-corrected chi connectivity index (χ3v) is 3.64. The third-order valence-electron chi connectivity index (χ3n) is 3.64. The van der Waals surface area contributed by atoms with Gasteiger partial charge < -0.3 is 0 Å². The molecule has 1 aromatic rings. The van der Waals surface area contributed by atoms with Crippen molar-refractivity contribution in [2.24, 2.45) is 5.92 Å². The molecule has 0 N–H and O–H groups in total. The molecule has 3 rings (SSSR count). The van der Waals surface area contributed by atoms with E-state index in [0.29, 0.717) is 5.92 Å². The summed E-state index contributed by atoms with van der Waals surface area (Å²) in [5.41, 5.74) is 2.33. The van der Waals surface area contributed by atoms with Crippen LogP contribution in [0.4, 0.5) is 0 Å². The lowest BCUT2D eigenvalue weighted by Gasteiger charge is -2.23. The fourth-order valence-electron chi connectivity index (χ4n) is 2.73. The molecule has 0 amide bonds. The first kappa shape index (κ1) is 9.13. The number of aromatic nitrogens is 2. The Labute approximate surface area is 89.2 Å². The molecule has 1 aliphatic heterocycles. The Balaban J connectivity index is 2.19. The van der Waals surface area contributed by atoms with E-state index < -0.39 is 0 Å². The molecular weight excluding hydrogens is 188 g/mol. The Hall–Kier alpha value is -1.12. The smallest absolute Gasteiger partial charge is 0.256 e. The second kappa shape index (κ2) is 3.19. The second-order valence-electron chi connectivity index (χ2n) is 4.86. The van der Waals surface area contributed by atoms with Gasteiger partial charge >= 0.3 is 0 Å². The van der Waals surface area contributed by atoms with Gasteiger partial charge in [0.2, 0.25) is 0 Å². The van der Waals surface area contributed by atoms with E-state index >= 15 is 0 Å². The topological polar surface area (TPSA) is 34.9 Å². The van der Waals surface area contributed by atoms with Crippen LogP contribution in [0.15, 0.2) is 4.79 Å². The van der Waals surface area contributed by atoms with E-state index in [4.69, 9.17) is 0 Å². The first-order valence-corrected chi connectivity index (χ1v) is 5.87. The average Bonchev–Trinajstić information content (AvgIpc) is 2.65. The van der Waals surface area contributed by atoms with Crippen LogP contribution in [0.25, 0.3) is 0 Å². The Bertz CT molecular complexity index is 461. The summed E-state index contributed by atoms with van der Waals surface area (Å²) < 4.78 is 1.91. The zero-order valence-electron chi connectivity index (χ0n) is 9.12. The zero-order chi connectivity index (χ0) is 10.4. The summed E-state index contributed by atoms with van der Waals surface area (Å²) >= 11 is 0. The van der Waals surface area contributed by atoms with Crippen LogP contribution in [0.5, 0.6) is 0 Å². The highest BCUT2D eigenvalue weighted by Gasteiger charge is 2.23. The first-order valence-electron chi connectivity index (χ1n) is 5.87. The van der Waals surface area contributed by atoms with Crippen molar-refractivity contribution >= 4 is 0 Å². The fraction of sp³-hybridized carbons (Fsp3) is 0.667. The quantitative estimate of drug-likeness (QED) is 0.638. The van der Waals surface area contributed by atoms with Gasteiger partial charge in [-0.15, -0.1) is 0 Å². The summed E-state index contributed by atoms with van der Waals surface area (Å²) in [5, 5.41) is 0. The van der Waals surface area contributed by atoms with Crippen LogP contribution < -0.4 is 5.56 Å². The lowest BCUT2D eigenvalue weighted by atomic mass is 9.99. The normalized spacial score (nSPS) is 23.7. The van der Waals surface area contributed by atoms with Crippen LogP contribution in [0.2, 0.25) is 0 Å². The van der Waals surface area contributed by atoms with E-state index in [1.54, 1.807) is 0 Å². The summed E-state index contributed by atoms with van der Waals surface area (Å²) in [6, 6.07) is 0. The monoisotopic (exact) mass is 204 g/mol. The highest BCUT2D eigenvalue weighted by Crippen LogP contribution is 2.21. The van der Waals surface area contributed by atoms with Gasteiger partial charge in [-0.3, -0.25) is 9.36 Å². The van der Waals surface area contributed by atoms with Crippen molar-refractivity contribution in [2.45, 2.75) is 45.6 Å². The van der Waals surface area contributed by atoms with E-state index in [1.807, 2.05) is 4.57 Å². The van der Waals surface area contributed by atoms with Crippen LogP contribution >= 0.6 is 0 Å². The molecule has 0 bridgehead atoms. The first-order chi connectivity index (χ1) is 7.25.